The minimum atomic E-state index is -0.214. The maximum absolute atomic E-state index is 13.5. The molecule has 9 heteroatoms. The number of carbonyl (C=O) groups excluding carboxylic acids is 1. The van der Waals surface area contributed by atoms with Crippen LogP contribution < -0.4 is 5.32 Å². The van der Waals surface area contributed by atoms with Crippen LogP contribution in [-0.4, -0.2) is 71.1 Å². The Labute approximate surface area is 196 Å². The number of aromatic nitrogens is 2. The highest BCUT2D eigenvalue weighted by Gasteiger charge is 2.27. The molecule has 0 bridgehead atoms. The first-order chi connectivity index (χ1) is 16.1. The van der Waals surface area contributed by atoms with Crippen LogP contribution in [0.15, 0.2) is 30.6 Å². The lowest BCUT2D eigenvalue weighted by Gasteiger charge is -2.34. The highest BCUT2D eigenvalue weighted by Crippen LogP contribution is 2.34. The molecule has 1 N–H and O–H groups in total. The molecule has 7 nitrogen and oxygen atoms in total. The van der Waals surface area contributed by atoms with Gasteiger partial charge in [0.2, 0.25) is 0 Å². The van der Waals surface area contributed by atoms with E-state index in [1.807, 2.05) is 17.9 Å². The number of amides is 1. The van der Waals surface area contributed by atoms with Crippen molar-refractivity contribution < 1.29 is 13.9 Å². The molecule has 2 fully saturated rings. The number of benzene rings is 1. The Morgan fingerprint density at radius 3 is 2.88 bits per heavy atom. The van der Waals surface area contributed by atoms with Crippen LogP contribution in [-0.2, 0) is 11.3 Å². The molecule has 2 aliphatic rings. The van der Waals surface area contributed by atoms with Gasteiger partial charge in [-0.05, 0) is 43.0 Å². The van der Waals surface area contributed by atoms with Gasteiger partial charge in [-0.2, -0.15) is 0 Å². The first kappa shape index (κ1) is 22.2. The Morgan fingerprint density at radius 1 is 1.27 bits per heavy atom. The van der Waals surface area contributed by atoms with Gasteiger partial charge < -0.3 is 15.0 Å². The van der Waals surface area contributed by atoms with Crippen molar-refractivity contribution in [3.05, 3.63) is 52.4 Å². The predicted molar refractivity (Wildman–Crippen MR) is 127 cm³/mol. The van der Waals surface area contributed by atoms with Gasteiger partial charge in [-0.15, -0.1) is 11.3 Å². The third kappa shape index (κ3) is 4.85. The summed E-state index contributed by atoms with van der Waals surface area (Å²) in [5, 5.41) is 4.33. The SMILES string of the molecule is Cc1c(C(=O)N2CCN(Cc3cccc(F)c3)CC2)sc2ncnc(NCC3CCCO3)c12. The van der Waals surface area contributed by atoms with Crippen molar-refractivity contribution in [3.63, 3.8) is 0 Å². The van der Waals surface area contributed by atoms with E-state index in [4.69, 9.17) is 4.74 Å². The summed E-state index contributed by atoms with van der Waals surface area (Å²) >= 11 is 1.43. The number of ether oxygens (including phenoxy) is 1. The standard InChI is InChI=1S/C24H28FN5O2S/c1-16-20-22(26-13-19-6-3-11-32-19)27-15-28-23(20)33-21(16)24(31)30-9-7-29(8-10-30)14-17-4-2-5-18(25)12-17/h2,4-5,12,15,19H,3,6-11,13-14H2,1H3,(H,26,27,28). The van der Waals surface area contributed by atoms with Gasteiger partial charge >= 0.3 is 0 Å². The van der Waals surface area contributed by atoms with E-state index in [1.54, 1.807) is 18.5 Å². The second-order valence-corrected chi connectivity index (χ2v) is 9.67. The molecule has 1 atom stereocenters. The monoisotopic (exact) mass is 469 g/mol. The molecule has 5 rings (SSSR count). The summed E-state index contributed by atoms with van der Waals surface area (Å²) in [4.78, 5) is 27.9. The zero-order chi connectivity index (χ0) is 22.8. The molecule has 1 aromatic carbocycles. The third-order valence-corrected chi connectivity index (χ3v) is 7.58. The Bertz CT molecular complexity index is 1140. The molecule has 2 aliphatic heterocycles. The summed E-state index contributed by atoms with van der Waals surface area (Å²) in [6.07, 6.45) is 3.91. The van der Waals surface area contributed by atoms with Gasteiger partial charge in [0.05, 0.1) is 16.4 Å². The van der Waals surface area contributed by atoms with E-state index < -0.39 is 0 Å². The van der Waals surface area contributed by atoms with Crippen LogP contribution in [0.5, 0.6) is 0 Å². The number of aryl methyl sites for hydroxylation is 1. The van der Waals surface area contributed by atoms with Gasteiger partial charge in [0.1, 0.15) is 22.8 Å². The molecule has 2 saturated heterocycles. The number of piperazine rings is 1. The second-order valence-electron chi connectivity index (χ2n) is 8.67. The van der Waals surface area contributed by atoms with Gasteiger partial charge in [0, 0.05) is 45.9 Å². The molecule has 0 aliphatic carbocycles. The number of hydrogen-bond acceptors (Lipinski definition) is 7. The summed E-state index contributed by atoms with van der Waals surface area (Å²) in [6.45, 7) is 7.02. The first-order valence-electron chi connectivity index (χ1n) is 11.4. The van der Waals surface area contributed by atoms with Gasteiger partial charge in [-0.25, -0.2) is 14.4 Å². The van der Waals surface area contributed by atoms with Crippen molar-refractivity contribution in [1.82, 2.24) is 19.8 Å². The Morgan fingerprint density at radius 2 is 2.12 bits per heavy atom. The number of carbonyl (C=O) groups is 1. The molecule has 0 saturated carbocycles. The maximum atomic E-state index is 13.5. The minimum absolute atomic E-state index is 0.0472. The average Bonchev–Trinajstić information content (AvgIpc) is 3.46. The molecule has 4 heterocycles. The molecule has 0 radical (unpaired) electrons. The van der Waals surface area contributed by atoms with Crippen LogP contribution >= 0.6 is 11.3 Å². The summed E-state index contributed by atoms with van der Waals surface area (Å²) in [7, 11) is 0. The largest absolute Gasteiger partial charge is 0.376 e. The van der Waals surface area contributed by atoms with Crippen molar-refractivity contribution in [2.45, 2.75) is 32.4 Å². The number of hydrogen-bond donors (Lipinski definition) is 1. The fourth-order valence-corrected chi connectivity index (χ4v) is 5.69. The molecule has 174 valence electrons. The number of thiophene rings is 1. The quantitative estimate of drug-likeness (QED) is 0.594. The van der Waals surface area contributed by atoms with E-state index in [-0.39, 0.29) is 17.8 Å². The Balaban J connectivity index is 1.26. The third-order valence-electron chi connectivity index (χ3n) is 6.40. The van der Waals surface area contributed by atoms with E-state index in [2.05, 4.69) is 20.2 Å². The molecule has 1 unspecified atom stereocenters. The number of fused-ring (bicyclic) bond motifs is 1. The zero-order valence-electron chi connectivity index (χ0n) is 18.7. The highest BCUT2D eigenvalue weighted by atomic mass is 32.1. The van der Waals surface area contributed by atoms with E-state index in [1.165, 1.54) is 17.4 Å². The molecule has 3 aromatic rings. The Kier molecular flexibility index (Phi) is 6.52. The highest BCUT2D eigenvalue weighted by molar-refractivity contribution is 7.20. The fourth-order valence-electron chi connectivity index (χ4n) is 4.57. The average molecular weight is 470 g/mol. The van der Waals surface area contributed by atoms with Crippen LogP contribution in [0.3, 0.4) is 0 Å². The topological polar surface area (TPSA) is 70.6 Å². The molecule has 33 heavy (non-hydrogen) atoms. The van der Waals surface area contributed by atoms with Crippen LogP contribution in [0.2, 0.25) is 0 Å². The van der Waals surface area contributed by atoms with Crippen molar-refractivity contribution in [3.8, 4) is 0 Å². The normalized spacial score (nSPS) is 19.3. The number of halogens is 1. The lowest BCUT2D eigenvalue weighted by Crippen LogP contribution is -2.48. The van der Waals surface area contributed by atoms with E-state index in [9.17, 15) is 9.18 Å². The van der Waals surface area contributed by atoms with E-state index >= 15 is 0 Å². The van der Waals surface area contributed by atoms with Crippen molar-refractivity contribution >= 4 is 33.3 Å². The molecular weight excluding hydrogens is 441 g/mol. The van der Waals surface area contributed by atoms with E-state index in [0.717, 1.165) is 64.6 Å². The number of nitrogens with zero attached hydrogens (tertiary/aromatic N) is 4. The van der Waals surface area contributed by atoms with Crippen LogP contribution in [0.25, 0.3) is 10.2 Å². The Hall–Kier alpha value is -2.62. The van der Waals surface area contributed by atoms with Crippen LogP contribution in [0.1, 0.15) is 33.6 Å². The molecule has 2 aromatic heterocycles. The summed E-state index contributed by atoms with van der Waals surface area (Å²) in [5.74, 6) is 0.600. The summed E-state index contributed by atoms with van der Waals surface area (Å²) < 4.78 is 19.2. The summed E-state index contributed by atoms with van der Waals surface area (Å²) in [6, 6.07) is 6.71. The fraction of sp³-hybridized carbons (Fsp3) is 0.458. The van der Waals surface area contributed by atoms with Gasteiger partial charge in [0.25, 0.3) is 5.91 Å². The van der Waals surface area contributed by atoms with Crippen LogP contribution in [0, 0.1) is 12.7 Å². The number of rotatable bonds is 6. The van der Waals surface area contributed by atoms with Gasteiger partial charge in [0.15, 0.2) is 0 Å². The van der Waals surface area contributed by atoms with Crippen molar-refractivity contribution in [2.75, 3.05) is 44.6 Å². The first-order valence-corrected chi connectivity index (χ1v) is 12.3. The van der Waals surface area contributed by atoms with Gasteiger partial charge in [-0.1, -0.05) is 12.1 Å². The van der Waals surface area contributed by atoms with E-state index in [0.29, 0.717) is 26.2 Å². The van der Waals surface area contributed by atoms with Crippen molar-refractivity contribution in [2.24, 2.45) is 0 Å². The van der Waals surface area contributed by atoms with Gasteiger partial charge in [-0.3, -0.25) is 9.69 Å². The summed E-state index contributed by atoms with van der Waals surface area (Å²) in [5.41, 5.74) is 1.88. The molecular formula is C24H28FN5O2S. The lowest BCUT2D eigenvalue weighted by molar-refractivity contribution is 0.0632. The molecule has 1 amide bonds. The second kappa shape index (κ2) is 9.70. The van der Waals surface area contributed by atoms with Crippen LogP contribution in [0.4, 0.5) is 10.2 Å². The minimum Gasteiger partial charge on any atom is -0.376 e. The zero-order valence-corrected chi connectivity index (χ0v) is 19.5. The number of nitrogens with one attached hydrogen (secondary N) is 1. The lowest BCUT2D eigenvalue weighted by atomic mass is 10.1. The predicted octanol–water partition coefficient (Wildman–Crippen LogP) is 3.69. The maximum Gasteiger partial charge on any atom is 0.264 e. The smallest absolute Gasteiger partial charge is 0.264 e. The van der Waals surface area contributed by atoms with Crippen molar-refractivity contribution in [1.29, 1.82) is 0 Å². The number of anilines is 1. The molecule has 0 spiro atoms.